The Balaban J connectivity index is 1.97. The van der Waals surface area contributed by atoms with Gasteiger partial charge >= 0.3 is 5.97 Å². The van der Waals surface area contributed by atoms with Crippen LogP contribution in [0.4, 0.5) is 0 Å². The van der Waals surface area contributed by atoms with E-state index in [-0.39, 0.29) is 5.91 Å². The molecule has 2 atom stereocenters. The third kappa shape index (κ3) is 3.89. The lowest BCUT2D eigenvalue weighted by molar-refractivity contribution is -0.142. The fourth-order valence-electron chi connectivity index (χ4n) is 4.05. The average molecular weight is 415 g/mol. The van der Waals surface area contributed by atoms with Gasteiger partial charge in [-0.2, -0.15) is 0 Å². The van der Waals surface area contributed by atoms with Crippen LogP contribution < -0.4 is 10.1 Å². The number of carbonyl (C=O) groups excluding carboxylic acids is 2. The Bertz CT molecular complexity index is 883. The van der Waals surface area contributed by atoms with Crippen molar-refractivity contribution in [2.45, 2.75) is 26.2 Å². The topological polar surface area (TPSA) is 58.6 Å². The zero-order valence-corrected chi connectivity index (χ0v) is 17.8. The molecule has 5 nitrogen and oxygen atoms in total. The zero-order chi connectivity index (χ0) is 21.0. The molecule has 1 amide bonds. The lowest BCUT2D eigenvalue weighted by Crippen LogP contribution is -2.49. The van der Waals surface area contributed by atoms with E-state index in [9.17, 15) is 9.59 Å². The van der Waals surface area contributed by atoms with Gasteiger partial charge in [0, 0.05) is 23.7 Å². The number of hydrogen-bond donors (Lipinski definition) is 1. The molecule has 2 aromatic carbocycles. The van der Waals surface area contributed by atoms with Crippen LogP contribution in [0.1, 0.15) is 31.9 Å². The Morgan fingerprint density at radius 1 is 1.17 bits per heavy atom. The first-order chi connectivity index (χ1) is 13.9. The number of ether oxygens (including phenoxy) is 1. The maximum absolute atomic E-state index is 13.2. The standard InChI is InChI=1S/C23H27ClN2O3/c1-4-26(5-2)14-13-25-21(27)16(3)23(17-9-7-6-8-10-17)19-15-18(24)11-12-20(19)29-22(23)28/h6-12,15-16H,4-5,13-14H2,1-3H3,(H,25,27). The minimum atomic E-state index is -1.24. The van der Waals surface area contributed by atoms with E-state index < -0.39 is 17.3 Å². The van der Waals surface area contributed by atoms with Crippen molar-refractivity contribution in [1.29, 1.82) is 0 Å². The molecule has 0 spiro atoms. The molecule has 0 aliphatic carbocycles. The van der Waals surface area contributed by atoms with E-state index in [0.29, 0.717) is 22.9 Å². The number of esters is 1. The number of benzene rings is 2. The van der Waals surface area contributed by atoms with Gasteiger partial charge in [0.15, 0.2) is 0 Å². The van der Waals surface area contributed by atoms with Crippen molar-refractivity contribution in [2.75, 3.05) is 26.2 Å². The van der Waals surface area contributed by atoms with Gasteiger partial charge in [0.05, 0.1) is 5.92 Å². The van der Waals surface area contributed by atoms with Crippen molar-refractivity contribution in [3.63, 3.8) is 0 Å². The molecule has 0 saturated heterocycles. The molecule has 3 rings (SSSR count). The monoisotopic (exact) mass is 414 g/mol. The van der Waals surface area contributed by atoms with E-state index in [1.54, 1.807) is 25.1 Å². The fourth-order valence-corrected chi connectivity index (χ4v) is 4.22. The Labute approximate surface area is 177 Å². The molecule has 0 fully saturated rings. The van der Waals surface area contributed by atoms with Gasteiger partial charge in [-0.05, 0) is 36.9 Å². The van der Waals surface area contributed by atoms with E-state index in [4.69, 9.17) is 16.3 Å². The molecule has 6 heteroatoms. The van der Waals surface area contributed by atoms with Gasteiger partial charge in [-0.25, -0.2) is 0 Å². The molecule has 1 N–H and O–H groups in total. The van der Waals surface area contributed by atoms with E-state index in [1.165, 1.54) is 0 Å². The highest BCUT2D eigenvalue weighted by atomic mass is 35.5. The van der Waals surface area contributed by atoms with Crippen LogP contribution in [0.5, 0.6) is 5.75 Å². The number of likely N-dealkylation sites (N-methyl/N-ethyl adjacent to an activating group) is 1. The van der Waals surface area contributed by atoms with Crippen LogP contribution in [-0.2, 0) is 15.0 Å². The van der Waals surface area contributed by atoms with Crippen molar-refractivity contribution < 1.29 is 14.3 Å². The second-order valence-electron chi connectivity index (χ2n) is 7.24. The summed E-state index contributed by atoms with van der Waals surface area (Å²) in [7, 11) is 0. The molecule has 0 radical (unpaired) electrons. The first-order valence-corrected chi connectivity index (χ1v) is 10.4. The third-order valence-corrected chi connectivity index (χ3v) is 6.02. The highest BCUT2D eigenvalue weighted by Crippen LogP contribution is 2.50. The summed E-state index contributed by atoms with van der Waals surface area (Å²) in [5.41, 5.74) is 0.117. The minimum Gasteiger partial charge on any atom is -0.425 e. The molecule has 0 saturated carbocycles. The van der Waals surface area contributed by atoms with Gasteiger partial charge < -0.3 is 15.0 Å². The molecule has 1 heterocycles. The van der Waals surface area contributed by atoms with E-state index >= 15 is 0 Å². The van der Waals surface area contributed by atoms with Crippen LogP contribution in [0, 0.1) is 5.92 Å². The van der Waals surface area contributed by atoms with Crippen LogP contribution in [-0.4, -0.2) is 43.0 Å². The summed E-state index contributed by atoms with van der Waals surface area (Å²) in [5.74, 6) is -0.863. The molecule has 0 aromatic heterocycles. The predicted molar refractivity (Wildman–Crippen MR) is 114 cm³/mol. The molecule has 2 unspecified atom stereocenters. The quantitative estimate of drug-likeness (QED) is 0.529. The summed E-state index contributed by atoms with van der Waals surface area (Å²) >= 11 is 6.25. The van der Waals surface area contributed by atoms with Crippen LogP contribution in [0.2, 0.25) is 5.02 Å². The Morgan fingerprint density at radius 2 is 1.86 bits per heavy atom. The van der Waals surface area contributed by atoms with Crippen molar-refractivity contribution in [3.8, 4) is 5.75 Å². The molecular formula is C23H27ClN2O3. The highest BCUT2D eigenvalue weighted by molar-refractivity contribution is 6.30. The molecule has 1 aliphatic heterocycles. The maximum Gasteiger partial charge on any atom is 0.327 e. The Hall–Kier alpha value is -2.37. The normalized spacial score (nSPS) is 19.0. The van der Waals surface area contributed by atoms with Gasteiger partial charge in [0.2, 0.25) is 5.91 Å². The number of amides is 1. The van der Waals surface area contributed by atoms with E-state index in [0.717, 1.165) is 25.2 Å². The van der Waals surface area contributed by atoms with Crippen LogP contribution in [0.3, 0.4) is 0 Å². The SMILES string of the molecule is CCN(CC)CCNC(=O)C(C)C1(c2ccccc2)C(=O)Oc2ccc(Cl)cc21. The van der Waals surface area contributed by atoms with Gasteiger partial charge in [0.25, 0.3) is 0 Å². The fraction of sp³-hybridized carbons (Fsp3) is 0.391. The summed E-state index contributed by atoms with van der Waals surface area (Å²) < 4.78 is 5.60. The first-order valence-electron chi connectivity index (χ1n) is 10.0. The average Bonchev–Trinajstić information content (AvgIpc) is 3.03. The highest BCUT2D eigenvalue weighted by Gasteiger charge is 2.56. The minimum absolute atomic E-state index is 0.189. The lowest BCUT2D eigenvalue weighted by Gasteiger charge is -2.32. The lowest BCUT2D eigenvalue weighted by atomic mass is 9.66. The molecule has 154 valence electrons. The van der Waals surface area contributed by atoms with Crippen LogP contribution in [0.15, 0.2) is 48.5 Å². The number of nitrogens with zero attached hydrogens (tertiary/aromatic N) is 1. The second kappa shape index (κ2) is 8.97. The van der Waals surface area contributed by atoms with Crippen LogP contribution >= 0.6 is 11.6 Å². The summed E-state index contributed by atoms with van der Waals surface area (Å²) in [6.45, 7) is 9.09. The van der Waals surface area contributed by atoms with E-state index in [2.05, 4.69) is 24.1 Å². The molecule has 29 heavy (non-hydrogen) atoms. The Morgan fingerprint density at radius 3 is 2.52 bits per heavy atom. The summed E-state index contributed by atoms with van der Waals surface area (Å²) in [4.78, 5) is 28.6. The van der Waals surface area contributed by atoms with Gasteiger partial charge in [-0.15, -0.1) is 0 Å². The van der Waals surface area contributed by atoms with Crippen molar-refractivity contribution in [3.05, 3.63) is 64.7 Å². The maximum atomic E-state index is 13.2. The molecule has 2 aromatic rings. The number of halogens is 1. The predicted octanol–water partition coefficient (Wildman–Crippen LogP) is 3.64. The number of nitrogens with one attached hydrogen (secondary N) is 1. The summed E-state index contributed by atoms with van der Waals surface area (Å²) in [6, 6.07) is 14.4. The van der Waals surface area contributed by atoms with Crippen LogP contribution in [0.25, 0.3) is 0 Å². The van der Waals surface area contributed by atoms with Gasteiger partial charge in [-0.1, -0.05) is 62.7 Å². The Kier molecular flexibility index (Phi) is 6.60. The van der Waals surface area contributed by atoms with Crippen molar-refractivity contribution >= 4 is 23.5 Å². The molecule has 1 aliphatic rings. The number of carbonyl (C=O) groups is 2. The largest absolute Gasteiger partial charge is 0.425 e. The van der Waals surface area contributed by atoms with Crippen molar-refractivity contribution in [2.24, 2.45) is 5.92 Å². The molecular weight excluding hydrogens is 388 g/mol. The zero-order valence-electron chi connectivity index (χ0n) is 17.1. The second-order valence-corrected chi connectivity index (χ2v) is 7.68. The summed E-state index contributed by atoms with van der Waals surface area (Å²) in [6.07, 6.45) is 0. The smallest absolute Gasteiger partial charge is 0.327 e. The number of fused-ring (bicyclic) bond motifs is 1. The first kappa shape index (κ1) is 21.3. The third-order valence-electron chi connectivity index (χ3n) is 5.78. The molecule has 0 bridgehead atoms. The number of rotatable bonds is 8. The van der Waals surface area contributed by atoms with Gasteiger partial charge in [0.1, 0.15) is 11.2 Å². The van der Waals surface area contributed by atoms with Gasteiger partial charge in [-0.3, -0.25) is 9.59 Å². The van der Waals surface area contributed by atoms with E-state index in [1.807, 2.05) is 30.3 Å². The van der Waals surface area contributed by atoms with Crippen molar-refractivity contribution in [1.82, 2.24) is 10.2 Å². The summed E-state index contributed by atoms with van der Waals surface area (Å²) in [5, 5.41) is 3.49. The number of hydrogen-bond acceptors (Lipinski definition) is 4.